The van der Waals surface area contributed by atoms with Gasteiger partial charge in [-0.05, 0) is 44.5 Å². The standard InChI is InChI=1S/C24H27N3O4/c1-4-29-20-10-9-17(12-21(20)30-5-2)14-27-15-19(13-22(27)28)24-25-23(26-31-24)18-8-6-7-16(3)11-18/h6-12,19H,4-5,13-15H2,1-3H3. The molecule has 2 heterocycles. The minimum Gasteiger partial charge on any atom is -0.490 e. The van der Waals surface area contributed by atoms with Gasteiger partial charge in [0.15, 0.2) is 11.5 Å². The van der Waals surface area contributed by atoms with Gasteiger partial charge in [-0.1, -0.05) is 35.0 Å². The lowest BCUT2D eigenvalue weighted by Crippen LogP contribution is -2.24. The predicted octanol–water partition coefficient (Wildman–Crippen LogP) is 4.36. The van der Waals surface area contributed by atoms with Gasteiger partial charge in [-0.25, -0.2) is 0 Å². The fraction of sp³-hybridized carbons (Fsp3) is 0.375. The molecule has 0 radical (unpaired) electrons. The monoisotopic (exact) mass is 421 g/mol. The van der Waals surface area contributed by atoms with E-state index in [9.17, 15) is 4.79 Å². The number of aromatic nitrogens is 2. The number of ether oxygens (including phenoxy) is 2. The van der Waals surface area contributed by atoms with E-state index in [1.165, 1.54) is 0 Å². The summed E-state index contributed by atoms with van der Waals surface area (Å²) in [4.78, 5) is 19.0. The van der Waals surface area contributed by atoms with Crippen LogP contribution in [0, 0.1) is 6.92 Å². The van der Waals surface area contributed by atoms with Crippen LogP contribution < -0.4 is 9.47 Å². The van der Waals surface area contributed by atoms with Crippen molar-refractivity contribution in [1.29, 1.82) is 0 Å². The molecule has 0 spiro atoms. The number of hydrogen-bond acceptors (Lipinski definition) is 6. The van der Waals surface area contributed by atoms with Crippen molar-refractivity contribution in [1.82, 2.24) is 15.0 Å². The molecule has 1 atom stereocenters. The number of nitrogens with zero attached hydrogens (tertiary/aromatic N) is 3. The number of rotatable bonds is 8. The number of aryl methyl sites for hydroxylation is 1. The molecule has 1 unspecified atom stereocenters. The van der Waals surface area contributed by atoms with Crippen LogP contribution in [0.2, 0.25) is 0 Å². The first-order valence-electron chi connectivity index (χ1n) is 10.6. The number of hydrogen-bond donors (Lipinski definition) is 0. The zero-order chi connectivity index (χ0) is 21.8. The summed E-state index contributed by atoms with van der Waals surface area (Å²) in [6.07, 6.45) is 0.366. The third-order valence-electron chi connectivity index (χ3n) is 5.26. The molecule has 2 aromatic carbocycles. The van der Waals surface area contributed by atoms with Gasteiger partial charge in [0.2, 0.25) is 17.6 Å². The van der Waals surface area contributed by atoms with Crippen molar-refractivity contribution in [3.63, 3.8) is 0 Å². The van der Waals surface area contributed by atoms with Gasteiger partial charge in [0.05, 0.1) is 19.1 Å². The van der Waals surface area contributed by atoms with E-state index in [-0.39, 0.29) is 11.8 Å². The van der Waals surface area contributed by atoms with E-state index in [0.29, 0.717) is 55.9 Å². The molecular formula is C24H27N3O4. The summed E-state index contributed by atoms with van der Waals surface area (Å²) < 4.78 is 16.8. The van der Waals surface area contributed by atoms with E-state index in [1.807, 2.05) is 68.1 Å². The van der Waals surface area contributed by atoms with Crippen molar-refractivity contribution in [2.24, 2.45) is 0 Å². The lowest BCUT2D eigenvalue weighted by Gasteiger charge is -2.18. The molecule has 1 aliphatic heterocycles. The summed E-state index contributed by atoms with van der Waals surface area (Å²) >= 11 is 0. The molecule has 7 nitrogen and oxygen atoms in total. The molecule has 4 rings (SSSR count). The normalized spacial score (nSPS) is 16.0. The second-order valence-electron chi connectivity index (χ2n) is 7.65. The van der Waals surface area contributed by atoms with Crippen LogP contribution in [0.25, 0.3) is 11.4 Å². The second-order valence-corrected chi connectivity index (χ2v) is 7.65. The Hall–Kier alpha value is -3.35. The van der Waals surface area contributed by atoms with E-state index in [1.54, 1.807) is 0 Å². The quantitative estimate of drug-likeness (QED) is 0.538. The molecule has 1 amide bonds. The van der Waals surface area contributed by atoms with Crippen molar-refractivity contribution in [3.8, 4) is 22.9 Å². The smallest absolute Gasteiger partial charge is 0.232 e. The summed E-state index contributed by atoms with van der Waals surface area (Å²) in [7, 11) is 0. The lowest BCUT2D eigenvalue weighted by molar-refractivity contribution is -0.128. The van der Waals surface area contributed by atoms with E-state index >= 15 is 0 Å². The van der Waals surface area contributed by atoms with Crippen LogP contribution in [0.15, 0.2) is 47.0 Å². The third kappa shape index (κ3) is 4.71. The summed E-state index contributed by atoms with van der Waals surface area (Å²) in [6, 6.07) is 13.8. The average Bonchev–Trinajstić information content (AvgIpc) is 3.38. The van der Waals surface area contributed by atoms with Crippen molar-refractivity contribution < 1.29 is 18.8 Å². The SMILES string of the molecule is CCOc1ccc(CN2CC(c3nc(-c4cccc(C)c4)no3)CC2=O)cc1OCC. The van der Waals surface area contributed by atoms with Crippen LogP contribution in [0.5, 0.6) is 11.5 Å². The Labute approximate surface area is 182 Å². The lowest BCUT2D eigenvalue weighted by atomic mass is 10.1. The van der Waals surface area contributed by atoms with Crippen molar-refractivity contribution in [3.05, 3.63) is 59.5 Å². The third-order valence-corrected chi connectivity index (χ3v) is 5.26. The van der Waals surface area contributed by atoms with Crippen molar-refractivity contribution in [2.75, 3.05) is 19.8 Å². The molecule has 31 heavy (non-hydrogen) atoms. The van der Waals surface area contributed by atoms with Crippen LogP contribution in [0.1, 0.15) is 43.2 Å². The van der Waals surface area contributed by atoms with Gasteiger partial charge in [-0.3, -0.25) is 4.79 Å². The van der Waals surface area contributed by atoms with E-state index in [4.69, 9.17) is 14.0 Å². The van der Waals surface area contributed by atoms with Crippen LogP contribution >= 0.6 is 0 Å². The highest BCUT2D eigenvalue weighted by Crippen LogP contribution is 2.32. The van der Waals surface area contributed by atoms with Gasteiger partial charge in [0, 0.05) is 25.1 Å². The topological polar surface area (TPSA) is 77.7 Å². The predicted molar refractivity (Wildman–Crippen MR) is 116 cm³/mol. The molecule has 1 saturated heterocycles. The molecule has 7 heteroatoms. The molecule has 1 aromatic heterocycles. The minimum atomic E-state index is -0.104. The molecular weight excluding hydrogens is 394 g/mol. The zero-order valence-corrected chi connectivity index (χ0v) is 18.1. The first kappa shape index (κ1) is 20.9. The fourth-order valence-electron chi connectivity index (χ4n) is 3.81. The Bertz CT molecular complexity index is 1060. The molecule has 162 valence electrons. The van der Waals surface area contributed by atoms with Crippen LogP contribution in [-0.2, 0) is 11.3 Å². The number of carbonyl (C=O) groups is 1. The second kappa shape index (κ2) is 9.20. The number of benzene rings is 2. The van der Waals surface area contributed by atoms with E-state index in [0.717, 1.165) is 16.7 Å². The Kier molecular flexibility index (Phi) is 6.21. The average molecular weight is 421 g/mol. The van der Waals surface area contributed by atoms with Crippen molar-refractivity contribution >= 4 is 5.91 Å². The molecule has 0 N–H and O–H groups in total. The van der Waals surface area contributed by atoms with Gasteiger partial charge in [0.25, 0.3) is 0 Å². The Morgan fingerprint density at radius 2 is 1.90 bits per heavy atom. The van der Waals surface area contributed by atoms with Crippen LogP contribution in [0.3, 0.4) is 0 Å². The molecule has 1 aliphatic rings. The Morgan fingerprint density at radius 1 is 1.10 bits per heavy atom. The van der Waals surface area contributed by atoms with Gasteiger partial charge >= 0.3 is 0 Å². The molecule has 0 bridgehead atoms. The minimum absolute atomic E-state index is 0.0761. The van der Waals surface area contributed by atoms with Gasteiger partial charge in [-0.15, -0.1) is 0 Å². The Morgan fingerprint density at radius 3 is 2.68 bits per heavy atom. The van der Waals surface area contributed by atoms with E-state index < -0.39 is 0 Å². The van der Waals surface area contributed by atoms with Crippen LogP contribution in [-0.4, -0.2) is 40.7 Å². The highest BCUT2D eigenvalue weighted by Gasteiger charge is 2.34. The van der Waals surface area contributed by atoms with Gasteiger partial charge < -0.3 is 18.9 Å². The highest BCUT2D eigenvalue weighted by molar-refractivity contribution is 5.79. The molecule has 0 saturated carbocycles. The highest BCUT2D eigenvalue weighted by atomic mass is 16.5. The molecule has 1 fully saturated rings. The molecule has 3 aromatic rings. The van der Waals surface area contributed by atoms with Gasteiger partial charge in [-0.2, -0.15) is 4.98 Å². The fourth-order valence-corrected chi connectivity index (χ4v) is 3.81. The first-order chi connectivity index (χ1) is 15.1. The number of amides is 1. The van der Waals surface area contributed by atoms with Gasteiger partial charge in [0.1, 0.15) is 0 Å². The van der Waals surface area contributed by atoms with Crippen LogP contribution in [0.4, 0.5) is 0 Å². The maximum Gasteiger partial charge on any atom is 0.232 e. The molecule has 0 aliphatic carbocycles. The first-order valence-corrected chi connectivity index (χ1v) is 10.6. The number of carbonyl (C=O) groups excluding carboxylic acids is 1. The summed E-state index contributed by atoms with van der Waals surface area (Å²) in [5, 5.41) is 4.12. The van der Waals surface area contributed by atoms with E-state index in [2.05, 4.69) is 10.1 Å². The zero-order valence-electron chi connectivity index (χ0n) is 18.1. The summed E-state index contributed by atoms with van der Waals surface area (Å²) in [5.74, 6) is 2.45. The van der Waals surface area contributed by atoms with Crippen molar-refractivity contribution in [2.45, 2.75) is 39.7 Å². The largest absolute Gasteiger partial charge is 0.490 e. The number of likely N-dealkylation sites (tertiary alicyclic amines) is 1. The summed E-state index contributed by atoms with van der Waals surface area (Å²) in [6.45, 7) is 8.07. The maximum absolute atomic E-state index is 12.6. The summed E-state index contributed by atoms with van der Waals surface area (Å²) in [5.41, 5.74) is 3.04. The Balaban J connectivity index is 1.46. The maximum atomic E-state index is 12.6.